The summed E-state index contributed by atoms with van der Waals surface area (Å²) in [6.45, 7) is 3.51. The van der Waals surface area contributed by atoms with Gasteiger partial charge in [-0.3, -0.25) is 18.6 Å². The summed E-state index contributed by atoms with van der Waals surface area (Å²) in [5, 5.41) is 0. The molecule has 0 fully saturated rings. The van der Waals surface area contributed by atoms with Crippen LogP contribution in [-0.2, 0) is 32.7 Å². The van der Waals surface area contributed by atoms with Crippen LogP contribution < -0.4 is 5.73 Å². The first-order chi connectivity index (χ1) is 25.8. The van der Waals surface area contributed by atoms with Crippen molar-refractivity contribution in [1.82, 2.24) is 0 Å². The van der Waals surface area contributed by atoms with Crippen LogP contribution in [0.5, 0.6) is 0 Å². The number of allylic oxidation sites excluding steroid dienone is 12. The zero-order valence-corrected chi connectivity index (χ0v) is 34.1. The molecule has 0 spiro atoms. The van der Waals surface area contributed by atoms with Crippen LogP contribution in [0.1, 0.15) is 155 Å². The molecule has 2 atom stereocenters. The lowest BCUT2D eigenvalue weighted by molar-refractivity contribution is -0.161. The smallest absolute Gasteiger partial charge is 0.462 e. The van der Waals surface area contributed by atoms with Crippen LogP contribution in [0, 0.1) is 0 Å². The van der Waals surface area contributed by atoms with Crippen LogP contribution in [-0.4, -0.2) is 49.3 Å². The van der Waals surface area contributed by atoms with Gasteiger partial charge in [-0.2, -0.15) is 0 Å². The molecule has 0 amide bonds. The highest BCUT2D eigenvalue weighted by Gasteiger charge is 2.25. The van der Waals surface area contributed by atoms with Crippen molar-refractivity contribution in [2.45, 2.75) is 161 Å². The van der Waals surface area contributed by atoms with E-state index >= 15 is 0 Å². The van der Waals surface area contributed by atoms with Gasteiger partial charge in [0.05, 0.1) is 13.2 Å². The molecule has 0 aromatic rings. The minimum Gasteiger partial charge on any atom is -0.462 e. The van der Waals surface area contributed by atoms with Gasteiger partial charge in [0.2, 0.25) is 0 Å². The highest BCUT2D eigenvalue weighted by Crippen LogP contribution is 2.43. The Morgan fingerprint density at radius 1 is 0.585 bits per heavy atom. The third kappa shape index (κ3) is 39.0. The van der Waals surface area contributed by atoms with E-state index in [2.05, 4.69) is 80.7 Å². The van der Waals surface area contributed by atoms with Crippen molar-refractivity contribution in [1.29, 1.82) is 0 Å². The minimum absolute atomic E-state index is 0.0418. The molecule has 0 saturated carbocycles. The van der Waals surface area contributed by atoms with E-state index in [9.17, 15) is 19.0 Å². The number of carbonyl (C=O) groups is 2. The largest absolute Gasteiger partial charge is 0.472 e. The molecule has 9 nitrogen and oxygen atoms in total. The van der Waals surface area contributed by atoms with Crippen LogP contribution >= 0.6 is 7.82 Å². The number of hydrogen-bond donors (Lipinski definition) is 2. The van der Waals surface area contributed by atoms with Gasteiger partial charge in [-0.15, -0.1) is 0 Å². The zero-order valence-electron chi connectivity index (χ0n) is 33.2. The Morgan fingerprint density at radius 3 is 1.62 bits per heavy atom. The van der Waals surface area contributed by atoms with Crippen LogP contribution in [0.2, 0.25) is 0 Å². The van der Waals surface area contributed by atoms with Gasteiger partial charge in [-0.05, 0) is 77.0 Å². The highest BCUT2D eigenvalue weighted by molar-refractivity contribution is 7.47. The number of esters is 2. The predicted molar refractivity (Wildman–Crippen MR) is 219 cm³/mol. The fourth-order valence-corrected chi connectivity index (χ4v) is 5.84. The first-order valence-corrected chi connectivity index (χ1v) is 21.9. The number of ether oxygens (including phenoxy) is 2. The lowest BCUT2D eigenvalue weighted by Crippen LogP contribution is -2.29. The van der Waals surface area contributed by atoms with Gasteiger partial charge in [-0.1, -0.05) is 138 Å². The first-order valence-electron chi connectivity index (χ1n) is 20.4. The summed E-state index contributed by atoms with van der Waals surface area (Å²) in [6.07, 6.45) is 46.5. The Kier molecular flexibility index (Phi) is 37.3. The molecule has 0 bridgehead atoms. The van der Waals surface area contributed by atoms with Crippen molar-refractivity contribution in [2.24, 2.45) is 5.73 Å². The van der Waals surface area contributed by atoms with Crippen LogP contribution in [0.4, 0.5) is 0 Å². The Morgan fingerprint density at radius 2 is 1.06 bits per heavy atom. The van der Waals surface area contributed by atoms with E-state index in [1.54, 1.807) is 0 Å². The number of rotatable bonds is 37. The summed E-state index contributed by atoms with van der Waals surface area (Å²) in [5.41, 5.74) is 5.33. The quantitative estimate of drug-likeness (QED) is 0.0274. The zero-order chi connectivity index (χ0) is 38.9. The Hall–Kier alpha value is -2.55. The molecule has 0 aliphatic heterocycles. The average Bonchev–Trinajstić information content (AvgIpc) is 3.14. The second-order valence-electron chi connectivity index (χ2n) is 13.1. The maximum absolute atomic E-state index is 12.6. The van der Waals surface area contributed by atoms with Crippen molar-refractivity contribution in [3.8, 4) is 0 Å². The molecule has 0 heterocycles. The maximum atomic E-state index is 12.6. The number of carbonyl (C=O) groups excluding carboxylic acids is 2. The van der Waals surface area contributed by atoms with E-state index in [4.69, 9.17) is 24.3 Å². The number of nitrogens with two attached hydrogens (primary N) is 1. The number of phosphoric acid groups is 1. The fraction of sp³-hybridized carbons (Fsp3) is 0.674. The Bertz CT molecular complexity index is 1100. The van der Waals surface area contributed by atoms with Crippen LogP contribution in [0.15, 0.2) is 72.9 Å². The molecule has 304 valence electrons. The minimum atomic E-state index is -4.39. The number of phosphoric ester groups is 1. The topological polar surface area (TPSA) is 134 Å². The maximum Gasteiger partial charge on any atom is 0.472 e. The summed E-state index contributed by atoms with van der Waals surface area (Å²) in [4.78, 5) is 34.8. The molecule has 0 radical (unpaired) electrons. The average molecular weight is 764 g/mol. The summed E-state index contributed by atoms with van der Waals surface area (Å²) in [6, 6.07) is 0. The van der Waals surface area contributed by atoms with E-state index in [-0.39, 0.29) is 32.6 Å². The molecule has 1 unspecified atom stereocenters. The molecule has 0 aliphatic carbocycles. The Labute approximate surface area is 322 Å². The van der Waals surface area contributed by atoms with Gasteiger partial charge in [-0.25, -0.2) is 4.57 Å². The molecule has 0 aliphatic rings. The molecule has 10 heteroatoms. The van der Waals surface area contributed by atoms with Crippen LogP contribution in [0.3, 0.4) is 0 Å². The van der Waals surface area contributed by atoms with Crippen molar-refractivity contribution in [2.75, 3.05) is 26.4 Å². The van der Waals surface area contributed by atoms with Crippen molar-refractivity contribution in [3.63, 3.8) is 0 Å². The summed E-state index contributed by atoms with van der Waals surface area (Å²) in [7, 11) is -4.39. The second-order valence-corrected chi connectivity index (χ2v) is 14.6. The fourth-order valence-electron chi connectivity index (χ4n) is 5.07. The monoisotopic (exact) mass is 764 g/mol. The third-order valence-corrected chi connectivity index (χ3v) is 9.06. The van der Waals surface area contributed by atoms with Gasteiger partial charge in [0.15, 0.2) is 6.10 Å². The van der Waals surface area contributed by atoms with Gasteiger partial charge < -0.3 is 20.1 Å². The van der Waals surface area contributed by atoms with Gasteiger partial charge in [0, 0.05) is 19.4 Å². The molecule has 0 rings (SSSR count). The van der Waals surface area contributed by atoms with Gasteiger partial charge in [0.25, 0.3) is 0 Å². The summed E-state index contributed by atoms with van der Waals surface area (Å²) in [5.74, 6) is -0.909. The van der Waals surface area contributed by atoms with Gasteiger partial charge >= 0.3 is 19.8 Å². The standard InChI is InChI=1S/C43H74NO8P/c1-3-5-7-9-11-13-15-17-19-20-22-23-25-27-29-31-33-35-42(45)49-39-41(40-51-53(47,48)50-38-37-44)52-43(46)36-34-32-30-28-26-24-21-18-16-14-12-10-8-6-4-2/h5,7,11,13-14,16-17,19,22-23,27,29,41H,3-4,6,8-10,12,15,18,20-21,24-26,28,30-40,44H2,1-2H3,(H,47,48)/b7-5-,13-11-,16-14-,19-17-,23-22-,29-27-/t41-/m1/s1. The molecule has 53 heavy (non-hydrogen) atoms. The third-order valence-electron chi connectivity index (χ3n) is 8.08. The number of unbranched alkanes of at least 4 members (excludes halogenated alkanes) is 12. The van der Waals surface area contributed by atoms with Crippen molar-refractivity contribution in [3.05, 3.63) is 72.9 Å². The van der Waals surface area contributed by atoms with E-state index in [1.807, 2.05) is 6.08 Å². The molecular weight excluding hydrogens is 689 g/mol. The second kappa shape index (κ2) is 39.2. The highest BCUT2D eigenvalue weighted by atomic mass is 31.2. The van der Waals surface area contributed by atoms with Crippen molar-refractivity contribution >= 4 is 19.8 Å². The lowest BCUT2D eigenvalue weighted by Gasteiger charge is -2.19. The van der Waals surface area contributed by atoms with E-state index in [1.165, 1.54) is 51.4 Å². The first kappa shape index (κ1) is 50.5. The van der Waals surface area contributed by atoms with E-state index in [0.29, 0.717) is 12.8 Å². The van der Waals surface area contributed by atoms with E-state index < -0.39 is 32.5 Å². The normalized spacial score (nSPS) is 14.1. The van der Waals surface area contributed by atoms with Crippen LogP contribution in [0.25, 0.3) is 0 Å². The summed E-state index contributed by atoms with van der Waals surface area (Å²) >= 11 is 0. The summed E-state index contributed by atoms with van der Waals surface area (Å²) < 4.78 is 32.7. The molecule has 0 saturated heterocycles. The predicted octanol–water partition coefficient (Wildman–Crippen LogP) is 11.5. The lowest BCUT2D eigenvalue weighted by atomic mass is 10.1. The number of hydrogen-bond acceptors (Lipinski definition) is 8. The molecule has 0 aromatic carbocycles. The molecular formula is C43H74NO8P. The molecule has 3 N–H and O–H groups in total. The Balaban J connectivity index is 4.30. The van der Waals surface area contributed by atoms with E-state index in [0.717, 1.165) is 64.2 Å². The van der Waals surface area contributed by atoms with Crippen molar-refractivity contribution < 1.29 is 37.6 Å². The molecule has 0 aromatic heterocycles. The SMILES string of the molecule is CC/C=C\C/C=C\C/C=C\C/C=C\C/C=C\CCCC(=O)OC[C@H](COP(=O)(O)OCCN)OC(=O)CCCCCCCCC/C=C\CCCCCC. The van der Waals surface area contributed by atoms with Gasteiger partial charge in [0.1, 0.15) is 6.61 Å².